The van der Waals surface area contributed by atoms with Crippen molar-refractivity contribution >= 4 is 123 Å². The predicted molar refractivity (Wildman–Crippen MR) is 91.2 cm³/mol. The number of nitrogens with two attached hydrogens (primary N) is 1. The second-order valence-corrected chi connectivity index (χ2v) is 6.36. The molecule has 0 heterocycles. The number of carboxylic acids is 1. The zero-order chi connectivity index (χ0) is 14.2. The summed E-state index contributed by atoms with van der Waals surface area (Å²) in [5, 5.41) is 33.5. The van der Waals surface area contributed by atoms with Crippen LogP contribution in [0.3, 0.4) is 0 Å². The Labute approximate surface area is 205 Å². The Morgan fingerprint density at radius 1 is 1.00 bits per heavy atom. The zero-order valence-corrected chi connectivity index (χ0v) is 14.3. The molecule has 0 unspecified atom stereocenters. The molecule has 0 fully saturated rings. The van der Waals surface area contributed by atoms with Crippen LogP contribution in [0.25, 0.3) is 0 Å². The molecule has 0 aliphatic carbocycles. The molecule has 0 bridgehead atoms. The number of rotatable bonds is 4. The van der Waals surface area contributed by atoms with Gasteiger partial charge < -0.3 is 21.1 Å². The minimum atomic E-state index is -1.21. The van der Waals surface area contributed by atoms with Gasteiger partial charge in [-0.1, -0.05) is 0 Å². The van der Waals surface area contributed by atoms with Gasteiger partial charge >= 0.3 is 162 Å². The first-order valence-corrected chi connectivity index (χ1v) is 7.33. The van der Waals surface area contributed by atoms with Crippen LogP contribution in [0.5, 0.6) is 0 Å². The summed E-state index contributed by atoms with van der Waals surface area (Å²) in [5.74, 6) is -0.856. The molecule has 0 amide bonds. The molecule has 0 aliphatic heterocycles. The van der Waals surface area contributed by atoms with Gasteiger partial charge in [0.05, 0.1) is 25.4 Å². The fourth-order valence-electron chi connectivity index (χ4n) is 0.776. The van der Waals surface area contributed by atoms with Crippen molar-refractivity contribution in [2.75, 3.05) is 19.8 Å². The monoisotopic (exact) mass is 525 g/mol. The topological polar surface area (TPSA) is 124 Å². The van der Waals surface area contributed by atoms with Gasteiger partial charge in [-0.3, -0.25) is 0 Å². The number of carbonyl (C=O) groups is 1. The summed E-state index contributed by atoms with van der Waals surface area (Å²) in [6.45, 7) is -1.21. The molecule has 0 radical (unpaired) electrons. The van der Waals surface area contributed by atoms with Crippen LogP contribution in [0, 0.1) is 0 Å². The van der Waals surface area contributed by atoms with Crippen LogP contribution in [-0.4, -0.2) is 165 Å². The third kappa shape index (κ3) is 14.5. The predicted octanol–water partition coefficient (Wildman–Crippen LogP) is -4.64. The van der Waals surface area contributed by atoms with Crippen LogP contribution in [0.15, 0.2) is 24.3 Å². The van der Waals surface area contributed by atoms with Gasteiger partial charge in [-0.2, -0.15) is 0 Å². The average molecular weight is 525 g/mol. The van der Waals surface area contributed by atoms with Crippen molar-refractivity contribution in [1.82, 2.24) is 0 Å². The summed E-state index contributed by atoms with van der Waals surface area (Å²) in [7, 11) is 0. The first-order valence-electron chi connectivity index (χ1n) is 5.09. The summed E-state index contributed by atoms with van der Waals surface area (Å²) in [5.41, 5.74) is 4.30. The molecule has 1 aromatic rings. The summed E-state index contributed by atoms with van der Waals surface area (Å²) in [4.78, 5) is 10.3. The molecule has 1 rings (SSSR count). The number of hydrogen-bond donors (Lipinski definition) is 5. The number of carboxylic acid groups (broad SMARTS) is 1. The number of hydrogen-bond acceptors (Lipinski definition) is 5. The summed E-state index contributed by atoms with van der Waals surface area (Å²) >= 11 is 0.785. The zero-order valence-electron chi connectivity index (χ0n) is 9.78. The van der Waals surface area contributed by atoms with Gasteiger partial charge in [0.1, 0.15) is 0 Å². The van der Waals surface area contributed by atoms with E-state index in [1.54, 1.807) is 12.1 Å². The molecule has 0 atom stereocenters. The van der Waals surface area contributed by atoms with E-state index in [9.17, 15) is 4.79 Å². The van der Waals surface area contributed by atoms with E-state index >= 15 is 0 Å². The van der Waals surface area contributed by atoms with E-state index in [0.717, 1.165) is 24.7 Å². The van der Waals surface area contributed by atoms with Crippen LogP contribution >= 0.6 is 0 Å². The molecule has 6 N–H and O–H groups in total. The summed E-state index contributed by atoms with van der Waals surface area (Å²) in [6.07, 6.45) is 0. The molecular formula is C11H21BiNNa3O5. The van der Waals surface area contributed by atoms with Gasteiger partial charge in [0.25, 0.3) is 0 Å². The number of aromatic carboxylic acids is 1. The van der Waals surface area contributed by atoms with Gasteiger partial charge in [0, 0.05) is 0 Å². The normalized spacial score (nSPS) is 9.00. The third-order valence-corrected chi connectivity index (χ3v) is 3.60. The molecule has 0 spiro atoms. The molecule has 10 heteroatoms. The van der Waals surface area contributed by atoms with E-state index < -0.39 is 31.3 Å². The van der Waals surface area contributed by atoms with Gasteiger partial charge in [0.15, 0.2) is 0 Å². The van der Waals surface area contributed by atoms with Crippen LogP contribution in [0.4, 0.5) is 0 Å². The standard InChI is InChI=1S/C7H5O2.C4H11NO3.Bi.3Na.5H/c8-7(9)6-4-2-1-3-5-6;5-4(1-6,2-7)3-8;;;;;;;;;/h2-5H,(H,8,9);6-8H,1-3,5H2;;;;;;;;;. The van der Waals surface area contributed by atoms with Crippen molar-refractivity contribution in [2.24, 2.45) is 5.73 Å². The van der Waals surface area contributed by atoms with E-state index in [1.807, 2.05) is 12.1 Å². The molecule has 6 nitrogen and oxygen atoms in total. The van der Waals surface area contributed by atoms with E-state index in [2.05, 4.69) is 0 Å². The van der Waals surface area contributed by atoms with Crippen molar-refractivity contribution < 1.29 is 25.2 Å². The summed E-state index contributed by atoms with van der Waals surface area (Å²) in [6, 6.07) is 6.98. The molecular weight excluding hydrogens is 504 g/mol. The van der Waals surface area contributed by atoms with E-state index in [1.165, 1.54) is 3.27 Å². The molecule has 1 aromatic carbocycles. The number of benzene rings is 1. The van der Waals surface area contributed by atoms with Gasteiger partial charge in [-0.25, -0.2) is 0 Å². The van der Waals surface area contributed by atoms with Gasteiger partial charge in [-0.15, -0.1) is 0 Å². The van der Waals surface area contributed by atoms with E-state index in [4.69, 9.17) is 26.2 Å². The van der Waals surface area contributed by atoms with Crippen LogP contribution < -0.4 is 9.01 Å². The first-order chi connectivity index (χ1) is 8.38. The van der Waals surface area contributed by atoms with Crippen molar-refractivity contribution in [2.45, 2.75) is 5.54 Å². The van der Waals surface area contributed by atoms with Crippen molar-refractivity contribution in [3.05, 3.63) is 29.8 Å². The van der Waals surface area contributed by atoms with Crippen molar-refractivity contribution in [3.8, 4) is 0 Å². The van der Waals surface area contributed by atoms with Crippen LogP contribution in [0.1, 0.15) is 10.4 Å². The Bertz CT molecular complexity index is 368. The fourth-order valence-corrected chi connectivity index (χ4v) is 1.52. The number of aliphatic hydroxyl groups excluding tert-OH is 3. The Balaban J connectivity index is -0.000000123. The van der Waals surface area contributed by atoms with Gasteiger partial charge in [0.2, 0.25) is 0 Å². The van der Waals surface area contributed by atoms with E-state index in [0.29, 0.717) is 5.56 Å². The Hall–Kier alpha value is 2.41. The molecule has 0 aliphatic rings. The van der Waals surface area contributed by atoms with E-state index in [-0.39, 0.29) is 88.7 Å². The Morgan fingerprint density at radius 3 is 1.52 bits per heavy atom. The first kappa shape index (κ1) is 31.2. The van der Waals surface area contributed by atoms with Crippen LogP contribution in [-0.2, 0) is 0 Å². The molecule has 21 heavy (non-hydrogen) atoms. The molecule has 108 valence electrons. The molecule has 0 aromatic heterocycles. The van der Waals surface area contributed by atoms with Crippen molar-refractivity contribution in [1.29, 1.82) is 0 Å². The fraction of sp³-hybridized carbons (Fsp3) is 0.364. The van der Waals surface area contributed by atoms with Crippen LogP contribution in [0.2, 0.25) is 0 Å². The quantitative estimate of drug-likeness (QED) is 0.252. The maximum absolute atomic E-state index is 10.3. The van der Waals surface area contributed by atoms with Crippen molar-refractivity contribution in [3.63, 3.8) is 0 Å². The summed E-state index contributed by atoms with van der Waals surface area (Å²) < 4.78 is 1.24. The Kier molecular flexibility index (Phi) is 25.6. The SMILES string of the molecule is NC(CO)(CO)CO.O=C(O)c1cc[c]([BiH2])cc1.[NaH].[NaH].[NaH]. The van der Waals surface area contributed by atoms with Gasteiger partial charge in [-0.05, 0) is 0 Å². The second-order valence-electron chi connectivity index (χ2n) is 3.76. The average Bonchev–Trinajstić information content (AvgIpc) is 2.39. The maximum atomic E-state index is 10.3. The third-order valence-electron chi connectivity index (χ3n) is 2.10. The molecule has 0 saturated heterocycles. The molecule has 0 saturated carbocycles. The number of aliphatic hydroxyl groups is 3. The minimum absolute atomic E-state index is 0. The Morgan fingerprint density at radius 2 is 1.33 bits per heavy atom. The second kappa shape index (κ2) is 17.2.